The molecule has 0 saturated carbocycles. The first-order valence-corrected chi connectivity index (χ1v) is 11.4. The van der Waals surface area contributed by atoms with Crippen molar-refractivity contribution in [2.24, 2.45) is 0 Å². The van der Waals surface area contributed by atoms with Gasteiger partial charge in [-0.05, 0) is 49.2 Å². The second-order valence-corrected chi connectivity index (χ2v) is 9.08. The summed E-state index contributed by atoms with van der Waals surface area (Å²) in [6.07, 6.45) is 0.587. The lowest BCUT2D eigenvalue weighted by Crippen LogP contribution is -2.23. The number of benzene rings is 2. The Balaban J connectivity index is 2.18. The van der Waals surface area contributed by atoms with Crippen molar-refractivity contribution in [2.45, 2.75) is 24.7 Å². The molecule has 1 amide bonds. The minimum atomic E-state index is -3.75. The van der Waals surface area contributed by atoms with Crippen LogP contribution in [0.15, 0.2) is 35.2 Å². The largest absolute Gasteiger partial charge is 0.493 e. The van der Waals surface area contributed by atoms with Crippen molar-refractivity contribution in [1.29, 1.82) is 0 Å². The number of nitrogens with one attached hydrogen (secondary N) is 1. The third-order valence-electron chi connectivity index (χ3n) is 4.65. The average Bonchev–Trinajstić information content (AvgIpc) is 2.77. The van der Waals surface area contributed by atoms with Gasteiger partial charge in [0.05, 0.1) is 27.9 Å². The molecule has 0 saturated heterocycles. The highest BCUT2D eigenvalue weighted by atomic mass is 32.2. The first-order chi connectivity index (χ1) is 15.2. The lowest BCUT2D eigenvalue weighted by molar-refractivity contribution is -0.116. The SMILES string of the molecule is CCOc1ccc(NC(=O)CCc2cc(OC)c(OC)c(OC)c2)cc1S(=O)(=O)N(C)C. The number of nitrogens with zero attached hydrogens (tertiary/aromatic N) is 1. The Kier molecular flexibility index (Phi) is 8.73. The highest BCUT2D eigenvalue weighted by Crippen LogP contribution is 2.38. The van der Waals surface area contributed by atoms with Crippen LogP contribution in [-0.4, -0.2) is 60.7 Å². The Morgan fingerprint density at radius 1 is 0.969 bits per heavy atom. The molecule has 9 nitrogen and oxygen atoms in total. The van der Waals surface area contributed by atoms with Crippen LogP contribution in [0, 0.1) is 0 Å². The number of sulfonamides is 1. The van der Waals surface area contributed by atoms with Gasteiger partial charge in [0.1, 0.15) is 10.6 Å². The van der Waals surface area contributed by atoms with E-state index in [1.54, 1.807) is 25.1 Å². The predicted octanol–water partition coefficient (Wildman–Crippen LogP) is 2.93. The summed E-state index contributed by atoms with van der Waals surface area (Å²) in [7, 11) is 3.71. The molecule has 0 bridgehead atoms. The van der Waals surface area contributed by atoms with Gasteiger partial charge in [0.2, 0.25) is 21.7 Å². The second kappa shape index (κ2) is 11.1. The third-order valence-corrected chi connectivity index (χ3v) is 6.49. The number of anilines is 1. The fourth-order valence-electron chi connectivity index (χ4n) is 3.02. The molecule has 0 radical (unpaired) electrons. The van der Waals surface area contributed by atoms with Gasteiger partial charge < -0.3 is 24.3 Å². The molecular formula is C22H30N2O7S. The second-order valence-electron chi connectivity index (χ2n) is 6.96. The smallest absolute Gasteiger partial charge is 0.246 e. The van der Waals surface area contributed by atoms with E-state index in [1.807, 2.05) is 0 Å². The summed E-state index contributed by atoms with van der Waals surface area (Å²) in [6.45, 7) is 2.08. The molecule has 2 rings (SSSR count). The van der Waals surface area contributed by atoms with E-state index in [1.165, 1.54) is 47.6 Å². The van der Waals surface area contributed by atoms with E-state index in [4.69, 9.17) is 18.9 Å². The van der Waals surface area contributed by atoms with Gasteiger partial charge in [-0.15, -0.1) is 0 Å². The van der Waals surface area contributed by atoms with Gasteiger partial charge in [-0.25, -0.2) is 12.7 Å². The summed E-state index contributed by atoms with van der Waals surface area (Å²) in [4.78, 5) is 12.5. The number of aryl methyl sites for hydroxylation is 1. The maximum Gasteiger partial charge on any atom is 0.246 e. The first kappa shape index (κ1) is 25.3. The van der Waals surface area contributed by atoms with E-state index < -0.39 is 10.0 Å². The van der Waals surface area contributed by atoms with E-state index in [-0.39, 0.29) is 23.0 Å². The van der Waals surface area contributed by atoms with Crippen LogP contribution < -0.4 is 24.3 Å². The zero-order valence-corrected chi connectivity index (χ0v) is 20.0. The monoisotopic (exact) mass is 466 g/mol. The number of amides is 1. The highest BCUT2D eigenvalue weighted by molar-refractivity contribution is 7.89. The molecule has 0 fully saturated rings. The molecule has 0 aliphatic carbocycles. The minimum Gasteiger partial charge on any atom is -0.493 e. The lowest BCUT2D eigenvalue weighted by Gasteiger charge is -2.17. The molecule has 0 aliphatic rings. The van der Waals surface area contributed by atoms with Crippen molar-refractivity contribution in [3.63, 3.8) is 0 Å². The van der Waals surface area contributed by atoms with Crippen LogP contribution in [0.2, 0.25) is 0 Å². The maximum absolute atomic E-state index is 12.6. The van der Waals surface area contributed by atoms with Crippen molar-refractivity contribution < 1.29 is 32.2 Å². The van der Waals surface area contributed by atoms with Crippen LogP contribution in [0.1, 0.15) is 18.9 Å². The summed E-state index contributed by atoms with van der Waals surface area (Å²) in [5, 5.41) is 2.75. The van der Waals surface area contributed by atoms with Crippen LogP contribution in [0.3, 0.4) is 0 Å². The number of hydrogen-bond donors (Lipinski definition) is 1. The van der Waals surface area contributed by atoms with Crippen molar-refractivity contribution in [1.82, 2.24) is 4.31 Å². The molecule has 0 atom stereocenters. The highest BCUT2D eigenvalue weighted by Gasteiger charge is 2.23. The Morgan fingerprint density at radius 3 is 2.09 bits per heavy atom. The number of carbonyl (C=O) groups excluding carboxylic acids is 1. The van der Waals surface area contributed by atoms with Crippen molar-refractivity contribution in [2.75, 3.05) is 47.3 Å². The van der Waals surface area contributed by atoms with Gasteiger partial charge in [-0.2, -0.15) is 0 Å². The number of rotatable bonds is 11. The summed E-state index contributed by atoms with van der Waals surface area (Å²) >= 11 is 0. The molecule has 0 aromatic heterocycles. The molecule has 0 spiro atoms. The molecule has 176 valence electrons. The van der Waals surface area contributed by atoms with E-state index >= 15 is 0 Å². The molecule has 1 N–H and O–H groups in total. The quantitative estimate of drug-likeness (QED) is 0.543. The third kappa shape index (κ3) is 5.83. The van der Waals surface area contributed by atoms with Crippen molar-refractivity contribution in [3.05, 3.63) is 35.9 Å². The number of carbonyl (C=O) groups is 1. The standard InChI is InChI=1S/C22H30N2O7S/c1-7-31-17-10-9-16(14-20(17)32(26,27)24(2)3)23-21(25)11-8-15-12-18(28-4)22(30-6)19(13-15)29-5/h9-10,12-14H,7-8,11H2,1-6H3,(H,23,25). The Morgan fingerprint density at radius 2 is 1.59 bits per heavy atom. The minimum absolute atomic E-state index is 0.00761. The number of methoxy groups -OCH3 is 3. The van der Waals surface area contributed by atoms with E-state index in [0.29, 0.717) is 36.0 Å². The Bertz CT molecular complexity index is 1030. The molecule has 32 heavy (non-hydrogen) atoms. The molecule has 0 aliphatic heterocycles. The first-order valence-electron chi connectivity index (χ1n) is 9.96. The van der Waals surface area contributed by atoms with Crippen LogP contribution in [-0.2, 0) is 21.2 Å². The molecule has 10 heteroatoms. The summed E-state index contributed by atoms with van der Waals surface area (Å²) in [6, 6.07) is 8.12. The Hall–Kier alpha value is -2.98. The molecular weight excluding hydrogens is 436 g/mol. The zero-order valence-electron chi connectivity index (χ0n) is 19.2. The van der Waals surface area contributed by atoms with Gasteiger partial charge in [0.25, 0.3) is 0 Å². The van der Waals surface area contributed by atoms with Crippen molar-refractivity contribution >= 4 is 21.6 Å². The maximum atomic E-state index is 12.6. The summed E-state index contributed by atoms with van der Waals surface area (Å²) in [5.74, 6) is 1.46. The fraction of sp³-hybridized carbons (Fsp3) is 0.409. The normalized spacial score (nSPS) is 11.2. The van der Waals surface area contributed by atoms with Crippen LogP contribution in [0.5, 0.6) is 23.0 Å². The molecule has 0 unspecified atom stereocenters. The molecule has 0 heterocycles. The molecule has 2 aromatic carbocycles. The Labute approximate surface area is 189 Å². The van der Waals surface area contributed by atoms with Gasteiger partial charge in [-0.1, -0.05) is 0 Å². The van der Waals surface area contributed by atoms with E-state index in [2.05, 4.69) is 5.32 Å². The van der Waals surface area contributed by atoms with E-state index in [9.17, 15) is 13.2 Å². The molecule has 2 aromatic rings. The van der Waals surface area contributed by atoms with E-state index in [0.717, 1.165) is 9.87 Å². The van der Waals surface area contributed by atoms with Crippen molar-refractivity contribution in [3.8, 4) is 23.0 Å². The summed E-state index contributed by atoms with van der Waals surface area (Å²) in [5.41, 5.74) is 1.20. The summed E-state index contributed by atoms with van der Waals surface area (Å²) < 4.78 is 47.8. The average molecular weight is 467 g/mol. The van der Waals surface area contributed by atoms with Gasteiger partial charge in [0.15, 0.2) is 11.5 Å². The number of hydrogen-bond acceptors (Lipinski definition) is 7. The van der Waals surface area contributed by atoms with Crippen LogP contribution >= 0.6 is 0 Å². The van der Waals surface area contributed by atoms with Crippen LogP contribution in [0.4, 0.5) is 5.69 Å². The van der Waals surface area contributed by atoms with Crippen LogP contribution in [0.25, 0.3) is 0 Å². The lowest BCUT2D eigenvalue weighted by atomic mass is 10.1. The zero-order chi connectivity index (χ0) is 23.9. The van der Waals surface area contributed by atoms with Gasteiger partial charge in [0, 0.05) is 26.2 Å². The topological polar surface area (TPSA) is 103 Å². The van der Waals surface area contributed by atoms with Gasteiger partial charge >= 0.3 is 0 Å². The predicted molar refractivity (Wildman–Crippen MR) is 122 cm³/mol. The number of ether oxygens (including phenoxy) is 4. The van der Waals surface area contributed by atoms with Gasteiger partial charge in [-0.3, -0.25) is 4.79 Å². The fourth-order valence-corrected chi connectivity index (χ4v) is 4.07.